The minimum absolute atomic E-state index is 0.0376. The standard InChI is InChI=1S/C16H16FNO3/c1-21-16(20)18-8-2-3-12-13(9-14(19)15(12)18)10-4-6-11(17)7-5-10/h4-7,13H,2-3,8-9H2,1H3. The van der Waals surface area contributed by atoms with Crippen LogP contribution in [0.15, 0.2) is 35.5 Å². The van der Waals surface area contributed by atoms with Crippen LogP contribution >= 0.6 is 0 Å². The number of allylic oxidation sites excluding steroid dienone is 2. The first-order valence-corrected chi connectivity index (χ1v) is 6.99. The Kier molecular flexibility index (Phi) is 3.49. The number of carbonyl (C=O) groups excluding carboxylic acids is 2. The van der Waals surface area contributed by atoms with Crippen molar-refractivity contribution in [3.05, 3.63) is 46.9 Å². The van der Waals surface area contributed by atoms with Gasteiger partial charge in [-0.25, -0.2) is 9.18 Å². The van der Waals surface area contributed by atoms with Crippen molar-refractivity contribution in [1.29, 1.82) is 0 Å². The summed E-state index contributed by atoms with van der Waals surface area (Å²) >= 11 is 0. The highest BCUT2D eigenvalue weighted by Gasteiger charge is 2.40. The SMILES string of the molecule is COC(=O)N1CCCC2=C1C(=O)CC2c1ccc(F)cc1. The highest BCUT2D eigenvalue weighted by Crippen LogP contribution is 2.43. The van der Waals surface area contributed by atoms with Gasteiger partial charge in [-0.1, -0.05) is 12.1 Å². The number of hydrogen-bond donors (Lipinski definition) is 0. The molecule has 1 aromatic rings. The molecule has 1 atom stereocenters. The molecule has 0 saturated heterocycles. The van der Waals surface area contributed by atoms with E-state index in [9.17, 15) is 14.0 Å². The second kappa shape index (κ2) is 5.31. The molecule has 0 radical (unpaired) electrons. The van der Waals surface area contributed by atoms with Gasteiger partial charge >= 0.3 is 6.09 Å². The van der Waals surface area contributed by atoms with Gasteiger partial charge in [0.15, 0.2) is 5.78 Å². The molecule has 5 heteroatoms. The third-order valence-electron chi connectivity index (χ3n) is 4.14. The average molecular weight is 289 g/mol. The average Bonchev–Trinajstić information content (AvgIpc) is 2.85. The molecule has 0 aromatic heterocycles. The minimum atomic E-state index is -0.490. The first-order chi connectivity index (χ1) is 10.1. The maximum Gasteiger partial charge on any atom is 0.414 e. The van der Waals surface area contributed by atoms with E-state index in [4.69, 9.17) is 4.74 Å². The smallest absolute Gasteiger partial charge is 0.414 e. The van der Waals surface area contributed by atoms with Gasteiger partial charge in [-0.05, 0) is 36.1 Å². The van der Waals surface area contributed by atoms with Crippen LogP contribution in [0.25, 0.3) is 0 Å². The van der Waals surface area contributed by atoms with Crippen LogP contribution in [0.3, 0.4) is 0 Å². The van der Waals surface area contributed by atoms with Crippen molar-refractivity contribution in [2.45, 2.75) is 25.2 Å². The van der Waals surface area contributed by atoms with E-state index in [2.05, 4.69) is 0 Å². The molecule has 2 aliphatic rings. The second-order valence-corrected chi connectivity index (χ2v) is 5.33. The topological polar surface area (TPSA) is 46.6 Å². The summed E-state index contributed by atoms with van der Waals surface area (Å²) in [5.74, 6) is -0.387. The highest BCUT2D eigenvalue weighted by atomic mass is 19.1. The van der Waals surface area contributed by atoms with Gasteiger partial charge in [-0.15, -0.1) is 0 Å². The number of carbonyl (C=O) groups is 2. The molecule has 0 N–H and O–H groups in total. The molecule has 1 heterocycles. The van der Waals surface area contributed by atoms with Crippen LogP contribution in [0.1, 0.15) is 30.7 Å². The van der Waals surface area contributed by atoms with Crippen molar-refractivity contribution < 1.29 is 18.7 Å². The Morgan fingerprint density at radius 1 is 1.33 bits per heavy atom. The number of benzene rings is 1. The first kappa shape index (κ1) is 13.8. The Balaban J connectivity index is 1.99. The van der Waals surface area contributed by atoms with Crippen molar-refractivity contribution in [1.82, 2.24) is 4.90 Å². The molecule has 4 nitrogen and oxygen atoms in total. The van der Waals surface area contributed by atoms with Gasteiger partial charge in [0.25, 0.3) is 0 Å². The summed E-state index contributed by atoms with van der Waals surface area (Å²) in [6.07, 6.45) is 1.44. The number of nitrogens with zero attached hydrogens (tertiary/aromatic N) is 1. The molecule has 0 fully saturated rings. The molecule has 1 unspecified atom stereocenters. The van der Waals surface area contributed by atoms with Crippen LogP contribution in [0.4, 0.5) is 9.18 Å². The lowest BCUT2D eigenvalue weighted by Gasteiger charge is -2.28. The molecule has 1 aromatic carbocycles. The Hall–Kier alpha value is -2.17. The maximum absolute atomic E-state index is 13.0. The molecule has 1 amide bonds. The van der Waals surface area contributed by atoms with Gasteiger partial charge in [0, 0.05) is 18.9 Å². The number of methoxy groups -OCH3 is 1. The number of Topliss-reactive ketones (excluding diaryl/α,β-unsaturated/α-hetero) is 1. The van der Waals surface area contributed by atoms with Gasteiger partial charge < -0.3 is 4.74 Å². The highest BCUT2D eigenvalue weighted by molar-refractivity contribution is 6.02. The second-order valence-electron chi connectivity index (χ2n) is 5.33. The minimum Gasteiger partial charge on any atom is -0.452 e. The summed E-state index contributed by atoms with van der Waals surface area (Å²) in [4.78, 5) is 25.6. The molecule has 1 aliphatic carbocycles. The Bertz CT molecular complexity index is 621. The molecule has 0 bridgehead atoms. The number of hydrogen-bond acceptors (Lipinski definition) is 3. The van der Waals surface area contributed by atoms with Gasteiger partial charge in [0.2, 0.25) is 0 Å². The summed E-state index contributed by atoms with van der Waals surface area (Å²) in [6, 6.07) is 6.22. The van der Waals surface area contributed by atoms with E-state index in [0.29, 0.717) is 18.7 Å². The zero-order chi connectivity index (χ0) is 15.0. The molecular formula is C16H16FNO3. The fourth-order valence-electron chi connectivity index (χ4n) is 3.21. The van der Waals surface area contributed by atoms with E-state index in [1.807, 2.05) is 0 Å². The van der Waals surface area contributed by atoms with Gasteiger partial charge in [-0.3, -0.25) is 9.69 Å². The van der Waals surface area contributed by atoms with Crippen molar-refractivity contribution >= 4 is 11.9 Å². The zero-order valence-corrected chi connectivity index (χ0v) is 11.8. The van der Waals surface area contributed by atoms with Gasteiger partial charge in [-0.2, -0.15) is 0 Å². The molecule has 110 valence electrons. The predicted molar refractivity (Wildman–Crippen MR) is 74.1 cm³/mol. The van der Waals surface area contributed by atoms with Crippen molar-refractivity contribution in [3.63, 3.8) is 0 Å². The number of ketones is 1. The van der Waals surface area contributed by atoms with E-state index < -0.39 is 6.09 Å². The molecule has 1 aliphatic heterocycles. The predicted octanol–water partition coefficient (Wildman–Crippen LogP) is 3.00. The molecular weight excluding hydrogens is 273 g/mol. The van der Waals surface area contributed by atoms with Crippen LogP contribution in [0, 0.1) is 5.82 Å². The number of ether oxygens (including phenoxy) is 1. The van der Waals surface area contributed by atoms with Crippen molar-refractivity contribution in [2.24, 2.45) is 0 Å². The van der Waals surface area contributed by atoms with E-state index in [1.165, 1.54) is 24.1 Å². The van der Waals surface area contributed by atoms with Gasteiger partial charge in [0.1, 0.15) is 5.82 Å². The maximum atomic E-state index is 13.0. The molecule has 0 saturated carbocycles. The Morgan fingerprint density at radius 2 is 2.05 bits per heavy atom. The number of amides is 1. The number of rotatable bonds is 1. The fraction of sp³-hybridized carbons (Fsp3) is 0.375. The van der Waals surface area contributed by atoms with Gasteiger partial charge in [0.05, 0.1) is 12.8 Å². The fourth-order valence-corrected chi connectivity index (χ4v) is 3.21. The third-order valence-corrected chi connectivity index (χ3v) is 4.14. The van der Waals surface area contributed by atoms with E-state index in [0.717, 1.165) is 24.0 Å². The third kappa shape index (κ3) is 2.33. The monoisotopic (exact) mass is 289 g/mol. The summed E-state index contributed by atoms with van der Waals surface area (Å²) < 4.78 is 17.8. The summed E-state index contributed by atoms with van der Waals surface area (Å²) in [7, 11) is 1.31. The number of halogens is 1. The van der Waals surface area contributed by atoms with Crippen molar-refractivity contribution in [2.75, 3.05) is 13.7 Å². The lowest BCUT2D eigenvalue weighted by atomic mass is 9.89. The van der Waals surface area contributed by atoms with Crippen LogP contribution in [-0.4, -0.2) is 30.4 Å². The molecule has 21 heavy (non-hydrogen) atoms. The summed E-state index contributed by atoms with van der Waals surface area (Å²) in [5.41, 5.74) is 2.38. The summed E-state index contributed by atoms with van der Waals surface area (Å²) in [5, 5.41) is 0. The largest absolute Gasteiger partial charge is 0.452 e. The Labute approximate surface area is 122 Å². The van der Waals surface area contributed by atoms with Crippen molar-refractivity contribution in [3.8, 4) is 0 Å². The quantitative estimate of drug-likeness (QED) is 0.798. The molecule has 0 spiro atoms. The lowest BCUT2D eigenvalue weighted by molar-refractivity contribution is -0.116. The van der Waals surface area contributed by atoms with E-state index in [1.54, 1.807) is 12.1 Å². The van der Waals surface area contributed by atoms with E-state index in [-0.39, 0.29) is 17.5 Å². The van der Waals surface area contributed by atoms with Crippen LogP contribution in [0.5, 0.6) is 0 Å². The zero-order valence-electron chi connectivity index (χ0n) is 11.8. The van der Waals surface area contributed by atoms with Crippen LogP contribution < -0.4 is 0 Å². The van der Waals surface area contributed by atoms with Crippen LogP contribution in [0.2, 0.25) is 0 Å². The van der Waals surface area contributed by atoms with E-state index >= 15 is 0 Å². The van der Waals surface area contributed by atoms with Crippen LogP contribution in [-0.2, 0) is 9.53 Å². The first-order valence-electron chi connectivity index (χ1n) is 6.99. The molecule has 3 rings (SSSR count). The lowest BCUT2D eigenvalue weighted by Crippen LogP contribution is -2.36. The normalized spacial score (nSPS) is 21.5. The Morgan fingerprint density at radius 3 is 2.71 bits per heavy atom. The summed E-state index contributed by atoms with van der Waals surface area (Å²) in [6.45, 7) is 0.507.